The number of para-hydroxylation sites is 3. The highest BCUT2D eigenvalue weighted by atomic mass is 15.0. The zero-order valence-corrected chi connectivity index (χ0v) is 30.5. The van der Waals surface area contributed by atoms with Crippen LogP contribution in [-0.2, 0) is 5.41 Å². The number of hydrogen-bond donors (Lipinski definition) is 0. The van der Waals surface area contributed by atoms with Crippen LogP contribution < -0.4 is 0 Å². The smallest absolute Gasteiger partial charge is 0.160 e. The molecule has 0 amide bonds. The van der Waals surface area contributed by atoms with E-state index in [0.29, 0.717) is 5.82 Å². The summed E-state index contributed by atoms with van der Waals surface area (Å²) in [4.78, 5) is 10.3. The number of fused-ring (bicyclic) bond motifs is 5. The van der Waals surface area contributed by atoms with E-state index in [0.717, 1.165) is 33.6 Å². The molecule has 0 saturated heterocycles. The summed E-state index contributed by atoms with van der Waals surface area (Å²) in [6.45, 7) is 0. The van der Waals surface area contributed by atoms with Gasteiger partial charge in [0.25, 0.3) is 0 Å². The van der Waals surface area contributed by atoms with Crippen molar-refractivity contribution in [1.29, 1.82) is 0 Å². The van der Waals surface area contributed by atoms with Crippen molar-refractivity contribution < 1.29 is 0 Å². The minimum absolute atomic E-state index is 0.563. The second kappa shape index (κ2) is 12.9. The fourth-order valence-corrected chi connectivity index (χ4v) is 8.99. The Morgan fingerprint density at radius 1 is 0.357 bits per heavy atom. The first kappa shape index (κ1) is 32.1. The van der Waals surface area contributed by atoms with Crippen LogP contribution in [0.3, 0.4) is 0 Å². The van der Waals surface area contributed by atoms with E-state index in [1.54, 1.807) is 0 Å². The summed E-state index contributed by atoms with van der Waals surface area (Å²) >= 11 is 0. The molecule has 1 aliphatic rings. The highest BCUT2D eigenvalue weighted by Gasteiger charge is 2.45. The van der Waals surface area contributed by atoms with Crippen LogP contribution in [0.1, 0.15) is 22.3 Å². The molecular weight excluding hydrogens is 679 g/mol. The van der Waals surface area contributed by atoms with Gasteiger partial charge in [-0.2, -0.15) is 0 Å². The predicted octanol–water partition coefficient (Wildman–Crippen LogP) is 12.9. The van der Waals surface area contributed by atoms with Crippen LogP contribution in [0.15, 0.2) is 212 Å². The van der Waals surface area contributed by atoms with Crippen molar-refractivity contribution in [1.82, 2.24) is 14.5 Å². The molecule has 0 bridgehead atoms. The largest absolute Gasteiger partial charge is 0.309 e. The minimum Gasteiger partial charge on any atom is -0.309 e. The normalized spacial score (nSPS) is 14.5. The molecule has 0 aliphatic carbocycles. The van der Waals surface area contributed by atoms with E-state index < -0.39 is 5.41 Å². The molecule has 0 fully saturated rings. The third-order valence-corrected chi connectivity index (χ3v) is 11.5. The monoisotopic (exact) mass is 713 g/mol. The van der Waals surface area contributed by atoms with Crippen LogP contribution in [0.5, 0.6) is 0 Å². The molecular formula is C53H35N3. The lowest BCUT2D eigenvalue weighted by molar-refractivity contribution is 0.728. The second-order valence-corrected chi connectivity index (χ2v) is 14.5. The summed E-state index contributed by atoms with van der Waals surface area (Å²) in [5, 5.41) is 2.53. The summed E-state index contributed by atoms with van der Waals surface area (Å²) in [5.74, 6) is 0.700. The van der Waals surface area contributed by atoms with Gasteiger partial charge in [-0.05, 0) is 51.6 Å². The fourth-order valence-electron chi connectivity index (χ4n) is 8.99. The summed E-state index contributed by atoms with van der Waals surface area (Å²) in [6.07, 6.45) is 0. The zero-order valence-electron chi connectivity index (χ0n) is 30.5. The molecule has 10 aromatic rings. The Labute approximate surface area is 325 Å². The average Bonchev–Trinajstić information content (AvgIpc) is 3.63. The molecule has 8 aromatic carbocycles. The quantitative estimate of drug-likeness (QED) is 0.172. The van der Waals surface area contributed by atoms with Crippen molar-refractivity contribution in [3.8, 4) is 50.7 Å². The summed E-state index contributed by atoms with van der Waals surface area (Å²) in [7, 11) is 0. The maximum Gasteiger partial charge on any atom is 0.160 e. The van der Waals surface area contributed by atoms with Gasteiger partial charge in [0.2, 0.25) is 0 Å². The lowest BCUT2D eigenvalue weighted by atomic mass is 9.63. The SMILES string of the molecule is c1ccc(-c2ccc(-c3nc(-c4ccccc4)cc(-c4ccc(C5(c6ccccc6)c6ccccc6-n6c7ccccc7c7cccc5c76)cc4)n3)cc2)cc1. The van der Waals surface area contributed by atoms with Crippen LogP contribution in [0.2, 0.25) is 0 Å². The highest BCUT2D eigenvalue weighted by molar-refractivity contribution is 6.12. The fraction of sp³-hybridized carbons (Fsp3) is 0.0189. The molecule has 0 saturated carbocycles. The standard InChI is InChI=1S/C53H35N3/c1-4-15-36(16-5-1)37-27-29-40(30-28-37)52-54-47(38-17-6-2-7-18-38)35-48(55-52)39-31-33-42(34-32-39)53(41-19-8-3-9-20-41)45-23-11-13-26-50(45)56-49-25-12-10-21-43(49)44-22-14-24-46(53)51(44)56/h1-35H. The van der Waals surface area contributed by atoms with Crippen molar-refractivity contribution in [2.45, 2.75) is 5.41 Å². The minimum atomic E-state index is -0.563. The van der Waals surface area contributed by atoms with Crippen LogP contribution >= 0.6 is 0 Å². The van der Waals surface area contributed by atoms with Crippen molar-refractivity contribution in [3.63, 3.8) is 0 Å². The highest BCUT2D eigenvalue weighted by Crippen LogP contribution is 2.54. The van der Waals surface area contributed by atoms with E-state index in [4.69, 9.17) is 9.97 Å². The molecule has 0 N–H and O–H groups in total. The Morgan fingerprint density at radius 2 is 0.857 bits per heavy atom. The molecule has 3 heterocycles. The third-order valence-electron chi connectivity index (χ3n) is 11.5. The van der Waals surface area contributed by atoms with Crippen LogP contribution in [0, 0.1) is 0 Å². The number of hydrogen-bond acceptors (Lipinski definition) is 2. The Bertz CT molecular complexity index is 3040. The number of aromatic nitrogens is 3. The zero-order chi connectivity index (χ0) is 37.1. The first-order chi connectivity index (χ1) is 27.8. The maximum atomic E-state index is 5.23. The van der Waals surface area contributed by atoms with Gasteiger partial charge in [0.05, 0.1) is 33.5 Å². The summed E-state index contributed by atoms with van der Waals surface area (Å²) in [6, 6.07) is 76.2. The number of nitrogens with zero attached hydrogens (tertiary/aromatic N) is 3. The van der Waals surface area contributed by atoms with Gasteiger partial charge in [-0.1, -0.05) is 194 Å². The number of rotatable bonds is 6. The van der Waals surface area contributed by atoms with Gasteiger partial charge in [-0.3, -0.25) is 0 Å². The molecule has 1 aliphatic heterocycles. The average molecular weight is 714 g/mol. The van der Waals surface area contributed by atoms with E-state index in [-0.39, 0.29) is 0 Å². The van der Waals surface area contributed by atoms with E-state index >= 15 is 0 Å². The van der Waals surface area contributed by atoms with Gasteiger partial charge < -0.3 is 4.57 Å². The van der Waals surface area contributed by atoms with Gasteiger partial charge in [0.1, 0.15) is 0 Å². The summed E-state index contributed by atoms with van der Waals surface area (Å²) < 4.78 is 2.48. The Balaban J connectivity index is 1.10. The molecule has 2 aromatic heterocycles. The Hall–Kier alpha value is -7.36. The van der Waals surface area contributed by atoms with E-state index in [2.05, 4.69) is 205 Å². The van der Waals surface area contributed by atoms with Crippen molar-refractivity contribution in [3.05, 3.63) is 235 Å². The molecule has 1 unspecified atom stereocenters. The second-order valence-electron chi connectivity index (χ2n) is 14.5. The topological polar surface area (TPSA) is 30.7 Å². The van der Waals surface area contributed by atoms with Crippen molar-refractivity contribution >= 4 is 21.8 Å². The first-order valence-electron chi connectivity index (χ1n) is 19.2. The third kappa shape index (κ3) is 4.91. The molecule has 11 rings (SSSR count). The molecule has 1 atom stereocenters. The van der Waals surface area contributed by atoms with E-state index in [1.807, 2.05) is 12.1 Å². The molecule has 262 valence electrons. The predicted molar refractivity (Wildman–Crippen MR) is 230 cm³/mol. The lowest BCUT2D eigenvalue weighted by Crippen LogP contribution is -2.35. The van der Waals surface area contributed by atoms with Crippen LogP contribution in [0.25, 0.3) is 72.5 Å². The molecule has 3 heteroatoms. The van der Waals surface area contributed by atoms with Gasteiger partial charge in [-0.15, -0.1) is 0 Å². The summed E-state index contributed by atoms with van der Waals surface area (Å²) in [5.41, 5.74) is 15.3. The molecule has 0 radical (unpaired) electrons. The molecule has 3 nitrogen and oxygen atoms in total. The lowest BCUT2D eigenvalue weighted by Gasteiger charge is -2.41. The van der Waals surface area contributed by atoms with Crippen molar-refractivity contribution in [2.75, 3.05) is 0 Å². The van der Waals surface area contributed by atoms with Gasteiger partial charge in [0.15, 0.2) is 5.82 Å². The molecule has 0 spiro atoms. The van der Waals surface area contributed by atoms with Crippen molar-refractivity contribution in [2.24, 2.45) is 0 Å². The number of benzene rings is 8. The van der Waals surface area contributed by atoms with Crippen LogP contribution in [-0.4, -0.2) is 14.5 Å². The van der Waals surface area contributed by atoms with E-state index in [9.17, 15) is 0 Å². The van der Waals surface area contributed by atoms with Gasteiger partial charge in [0, 0.05) is 27.5 Å². The van der Waals surface area contributed by atoms with E-state index in [1.165, 1.54) is 55.3 Å². The molecule has 56 heavy (non-hydrogen) atoms. The Morgan fingerprint density at radius 3 is 1.59 bits per heavy atom. The maximum absolute atomic E-state index is 5.23. The Kier molecular flexibility index (Phi) is 7.39. The van der Waals surface area contributed by atoms with Crippen LogP contribution in [0.4, 0.5) is 0 Å². The van der Waals surface area contributed by atoms with Gasteiger partial charge in [-0.25, -0.2) is 9.97 Å². The van der Waals surface area contributed by atoms with Gasteiger partial charge >= 0.3 is 0 Å². The first-order valence-corrected chi connectivity index (χ1v) is 19.2.